The van der Waals surface area contributed by atoms with Crippen LogP contribution >= 0.6 is 0 Å². The number of sulfonamides is 1. The zero-order valence-electron chi connectivity index (χ0n) is 13.2. The summed E-state index contributed by atoms with van der Waals surface area (Å²) in [5.74, 6) is -1.06. The van der Waals surface area contributed by atoms with Gasteiger partial charge in [-0.3, -0.25) is 0 Å². The van der Waals surface area contributed by atoms with Gasteiger partial charge in [-0.25, -0.2) is 17.2 Å². The van der Waals surface area contributed by atoms with Gasteiger partial charge in [0, 0.05) is 13.6 Å². The predicted molar refractivity (Wildman–Crippen MR) is 84.7 cm³/mol. The highest BCUT2D eigenvalue weighted by Gasteiger charge is 2.22. The zero-order valence-corrected chi connectivity index (χ0v) is 14.0. The summed E-state index contributed by atoms with van der Waals surface area (Å²) in [5, 5.41) is 0. The number of hydrogen-bond donors (Lipinski definition) is 0. The Bertz CT molecular complexity index is 794. The minimum absolute atomic E-state index is 0.0490. The molecule has 0 spiro atoms. The van der Waals surface area contributed by atoms with Crippen LogP contribution in [0.25, 0.3) is 0 Å². The third-order valence-electron chi connectivity index (χ3n) is 3.33. The molecule has 0 fully saturated rings. The smallest absolute Gasteiger partial charge is 0.243 e. The Morgan fingerprint density at radius 3 is 2.21 bits per heavy atom. The van der Waals surface area contributed by atoms with Crippen molar-refractivity contribution in [2.45, 2.75) is 4.90 Å². The van der Waals surface area contributed by atoms with Crippen LogP contribution in [0.2, 0.25) is 0 Å². The molecule has 0 bridgehead atoms. The molecule has 5 nitrogen and oxygen atoms in total. The quantitative estimate of drug-likeness (QED) is 0.765. The van der Waals surface area contributed by atoms with Crippen LogP contribution in [-0.2, 0) is 10.0 Å². The fourth-order valence-corrected chi connectivity index (χ4v) is 3.07. The first-order valence-corrected chi connectivity index (χ1v) is 8.47. The molecule has 130 valence electrons. The number of rotatable bonds is 7. The Morgan fingerprint density at radius 1 is 1.00 bits per heavy atom. The summed E-state index contributed by atoms with van der Waals surface area (Å²) in [5.41, 5.74) is 0. The average molecular weight is 357 g/mol. The van der Waals surface area contributed by atoms with E-state index in [4.69, 9.17) is 9.47 Å². The summed E-state index contributed by atoms with van der Waals surface area (Å²) >= 11 is 0. The van der Waals surface area contributed by atoms with E-state index in [0.717, 1.165) is 16.4 Å². The number of benzene rings is 2. The summed E-state index contributed by atoms with van der Waals surface area (Å²) in [4.78, 5) is -0.312. The van der Waals surface area contributed by atoms with Crippen LogP contribution in [0.1, 0.15) is 0 Å². The van der Waals surface area contributed by atoms with E-state index in [9.17, 15) is 17.2 Å². The molecule has 0 aliphatic heterocycles. The van der Waals surface area contributed by atoms with E-state index in [2.05, 4.69) is 0 Å². The van der Waals surface area contributed by atoms with Crippen molar-refractivity contribution in [2.24, 2.45) is 0 Å². The van der Waals surface area contributed by atoms with Gasteiger partial charge in [0.1, 0.15) is 18.1 Å². The SMILES string of the molecule is COc1ccc(OCCN(C)S(=O)(=O)c2ccc(F)c(F)c2)cc1. The fourth-order valence-electron chi connectivity index (χ4n) is 1.90. The van der Waals surface area contributed by atoms with Crippen molar-refractivity contribution in [2.75, 3.05) is 27.3 Å². The molecule has 0 amide bonds. The maximum absolute atomic E-state index is 13.2. The number of methoxy groups -OCH3 is 1. The first-order valence-electron chi connectivity index (χ1n) is 7.03. The molecule has 0 unspecified atom stereocenters. The Balaban J connectivity index is 1.97. The predicted octanol–water partition coefficient (Wildman–Crippen LogP) is 2.67. The molecule has 0 aliphatic rings. The molecule has 0 saturated carbocycles. The second-order valence-corrected chi connectivity index (χ2v) is 6.97. The van der Waals surface area contributed by atoms with Gasteiger partial charge in [-0.15, -0.1) is 0 Å². The lowest BCUT2D eigenvalue weighted by Gasteiger charge is -2.17. The van der Waals surface area contributed by atoms with Crippen molar-refractivity contribution in [1.82, 2.24) is 4.31 Å². The second kappa shape index (κ2) is 7.59. The van der Waals surface area contributed by atoms with E-state index in [1.165, 1.54) is 7.05 Å². The Morgan fingerprint density at radius 2 is 1.62 bits per heavy atom. The van der Waals surface area contributed by atoms with E-state index < -0.39 is 21.7 Å². The van der Waals surface area contributed by atoms with Gasteiger partial charge in [0.2, 0.25) is 10.0 Å². The number of likely N-dealkylation sites (N-methyl/N-ethyl adjacent to an activating group) is 1. The van der Waals surface area contributed by atoms with Gasteiger partial charge in [-0.2, -0.15) is 4.31 Å². The van der Waals surface area contributed by atoms with Crippen LogP contribution in [0.3, 0.4) is 0 Å². The summed E-state index contributed by atoms with van der Waals surface area (Å²) < 4.78 is 62.2. The van der Waals surface area contributed by atoms with Gasteiger partial charge >= 0.3 is 0 Å². The van der Waals surface area contributed by atoms with E-state index in [1.54, 1.807) is 31.4 Å². The maximum Gasteiger partial charge on any atom is 0.243 e. The van der Waals surface area contributed by atoms with E-state index in [-0.39, 0.29) is 18.0 Å². The molecule has 24 heavy (non-hydrogen) atoms. The fraction of sp³-hybridized carbons (Fsp3) is 0.250. The van der Waals surface area contributed by atoms with Crippen molar-refractivity contribution in [1.29, 1.82) is 0 Å². The topological polar surface area (TPSA) is 55.8 Å². The lowest BCUT2D eigenvalue weighted by atomic mass is 10.3. The summed E-state index contributed by atoms with van der Waals surface area (Å²) in [6, 6.07) is 9.30. The second-order valence-electron chi connectivity index (χ2n) is 4.93. The number of nitrogens with zero attached hydrogens (tertiary/aromatic N) is 1. The molecule has 0 atom stereocenters. The first kappa shape index (κ1) is 18.2. The molecular weight excluding hydrogens is 340 g/mol. The molecule has 0 N–H and O–H groups in total. The van der Waals surface area contributed by atoms with Crippen molar-refractivity contribution < 1.29 is 26.7 Å². The van der Waals surface area contributed by atoms with Gasteiger partial charge in [0.15, 0.2) is 11.6 Å². The van der Waals surface area contributed by atoms with Crippen LogP contribution in [0, 0.1) is 11.6 Å². The molecule has 0 aliphatic carbocycles. The molecule has 2 aromatic carbocycles. The normalized spacial score (nSPS) is 11.5. The first-order chi connectivity index (χ1) is 11.3. The number of ether oxygens (including phenoxy) is 2. The minimum atomic E-state index is -3.92. The van der Waals surface area contributed by atoms with Gasteiger partial charge < -0.3 is 9.47 Å². The van der Waals surface area contributed by atoms with Gasteiger partial charge in [0.25, 0.3) is 0 Å². The molecule has 2 rings (SSSR count). The lowest BCUT2D eigenvalue weighted by molar-refractivity contribution is 0.286. The summed E-state index contributed by atoms with van der Waals surface area (Å²) in [6.45, 7) is 0.152. The van der Waals surface area contributed by atoms with Crippen LogP contribution in [-0.4, -0.2) is 40.0 Å². The summed E-state index contributed by atoms with van der Waals surface area (Å²) in [7, 11) is -1.03. The Labute approximate surface area is 139 Å². The van der Waals surface area contributed by atoms with Crippen molar-refractivity contribution in [3.8, 4) is 11.5 Å². The lowest BCUT2D eigenvalue weighted by Crippen LogP contribution is -2.31. The van der Waals surface area contributed by atoms with E-state index >= 15 is 0 Å². The molecule has 0 radical (unpaired) electrons. The Hall–Kier alpha value is -2.19. The monoisotopic (exact) mass is 357 g/mol. The molecule has 0 aromatic heterocycles. The standard InChI is InChI=1S/C16H17F2NO4S/c1-19(9-10-23-13-5-3-12(22-2)4-6-13)24(20,21)14-7-8-15(17)16(18)11-14/h3-8,11H,9-10H2,1-2H3. The van der Waals surface area contributed by atoms with Crippen LogP contribution in [0.4, 0.5) is 8.78 Å². The van der Waals surface area contributed by atoms with E-state index in [0.29, 0.717) is 17.6 Å². The zero-order chi connectivity index (χ0) is 17.7. The third kappa shape index (κ3) is 4.21. The molecule has 8 heteroatoms. The Kier molecular flexibility index (Phi) is 5.74. The van der Waals surface area contributed by atoms with Crippen molar-refractivity contribution >= 4 is 10.0 Å². The minimum Gasteiger partial charge on any atom is -0.497 e. The van der Waals surface area contributed by atoms with E-state index in [1.807, 2.05) is 0 Å². The third-order valence-corrected chi connectivity index (χ3v) is 5.19. The molecular formula is C16H17F2NO4S. The highest BCUT2D eigenvalue weighted by Crippen LogP contribution is 2.19. The van der Waals surface area contributed by atoms with Gasteiger partial charge in [0.05, 0.1) is 12.0 Å². The largest absolute Gasteiger partial charge is 0.497 e. The maximum atomic E-state index is 13.2. The molecule has 0 heterocycles. The van der Waals surface area contributed by atoms with Crippen molar-refractivity contribution in [3.63, 3.8) is 0 Å². The van der Waals surface area contributed by atoms with Gasteiger partial charge in [-0.05, 0) is 42.5 Å². The molecule has 0 saturated heterocycles. The number of hydrogen-bond acceptors (Lipinski definition) is 4. The van der Waals surface area contributed by atoms with Crippen LogP contribution < -0.4 is 9.47 Å². The highest BCUT2D eigenvalue weighted by atomic mass is 32.2. The van der Waals surface area contributed by atoms with Crippen LogP contribution in [0.15, 0.2) is 47.4 Å². The molecule has 2 aromatic rings. The highest BCUT2D eigenvalue weighted by molar-refractivity contribution is 7.89. The van der Waals surface area contributed by atoms with Crippen LogP contribution in [0.5, 0.6) is 11.5 Å². The van der Waals surface area contributed by atoms with Gasteiger partial charge in [-0.1, -0.05) is 0 Å². The van der Waals surface area contributed by atoms with Crippen molar-refractivity contribution in [3.05, 3.63) is 54.1 Å². The summed E-state index contributed by atoms with van der Waals surface area (Å²) in [6.07, 6.45) is 0. The number of halogens is 2. The average Bonchev–Trinajstić information content (AvgIpc) is 2.57.